The van der Waals surface area contributed by atoms with Crippen LogP contribution in [0.1, 0.15) is 0 Å². The monoisotopic (exact) mass is 616 g/mol. The summed E-state index contributed by atoms with van der Waals surface area (Å²) >= 11 is 0. The van der Waals surface area contributed by atoms with Gasteiger partial charge in [0.1, 0.15) is 16.7 Å². The molecule has 0 saturated heterocycles. The molecule has 0 aliphatic rings. The van der Waals surface area contributed by atoms with Crippen LogP contribution in [-0.4, -0.2) is 19.9 Å². The number of fused-ring (bicyclic) bond motifs is 7. The second-order valence-electron chi connectivity index (χ2n) is 11.9. The van der Waals surface area contributed by atoms with E-state index >= 15 is 0 Å². The first kappa shape index (κ1) is 26.5. The van der Waals surface area contributed by atoms with Gasteiger partial charge in [-0.15, -0.1) is 0 Å². The molecular weight excluding hydrogens is 592 g/mol. The summed E-state index contributed by atoms with van der Waals surface area (Å²) < 4.78 is 12.5. The Bertz CT molecular complexity index is 2840. The lowest BCUT2D eigenvalue weighted by molar-refractivity contribution is 0.617. The zero-order valence-corrected chi connectivity index (χ0v) is 25.5. The van der Waals surface area contributed by atoms with Crippen LogP contribution in [-0.2, 0) is 0 Å². The largest absolute Gasteiger partial charge is 0.456 e. The normalized spacial score (nSPS) is 11.8. The van der Waals surface area contributed by atoms with E-state index in [1.807, 2.05) is 91.0 Å². The van der Waals surface area contributed by atoms with Crippen LogP contribution in [0.15, 0.2) is 154 Å². The fourth-order valence-corrected chi connectivity index (χ4v) is 6.63. The molecule has 0 aliphatic heterocycles. The van der Waals surface area contributed by atoms with E-state index in [2.05, 4.69) is 54.6 Å². The number of nitrogens with zero attached hydrogens (tertiary/aromatic N) is 4. The van der Waals surface area contributed by atoms with Crippen LogP contribution < -0.4 is 0 Å². The number of benzene rings is 7. The molecule has 0 unspecified atom stereocenters. The van der Waals surface area contributed by atoms with Gasteiger partial charge in [-0.1, -0.05) is 109 Å². The molecule has 6 nitrogen and oxygen atoms in total. The molecule has 3 heterocycles. The van der Waals surface area contributed by atoms with Gasteiger partial charge in [-0.2, -0.15) is 0 Å². The molecule has 0 atom stereocenters. The Morgan fingerprint density at radius 3 is 1.94 bits per heavy atom. The van der Waals surface area contributed by atoms with Crippen molar-refractivity contribution in [2.24, 2.45) is 0 Å². The Morgan fingerprint density at radius 2 is 1.08 bits per heavy atom. The standard InChI is InChI=1S/C42H24N4O2/c1-3-11-26(12-4-1)39-44-40(29-20-21-31-28(22-29)19-18-25-10-7-8-15-30(25)31)46-41(45-39)32-16-9-17-35-38(32)33-23-34-37(24-36(33)47-35)48-42(43-34)27-13-5-2-6-14-27/h1-24H. The second-order valence-corrected chi connectivity index (χ2v) is 11.9. The molecule has 0 amide bonds. The van der Waals surface area contributed by atoms with Crippen molar-refractivity contribution in [3.8, 4) is 45.6 Å². The van der Waals surface area contributed by atoms with Crippen LogP contribution in [0.5, 0.6) is 0 Å². The first-order valence-corrected chi connectivity index (χ1v) is 15.8. The Hall–Kier alpha value is -6.66. The summed E-state index contributed by atoms with van der Waals surface area (Å²) in [6.45, 7) is 0. The quantitative estimate of drug-likeness (QED) is 0.183. The van der Waals surface area contributed by atoms with Crippen LogP contribution >= 0.6 is 0 Å². The van der Waals surface area contributed by atoms with E-state index in [9.17, 15) is 0 Å². The minimum Gasteiger partial charge on any atom is -0.456 e. The van der Waals surface area contributed by atoms with Crippen molar-refractivity contribution in [3.63, 3.8) is 0 Å². The van der Waals surface area contributed by atoms with E-state index in [1.165, 1.54) is 16.2 Å². The zero-order valence-electron chi connectivity index (χ0n) is 25.5. The molecule has 48 heavy (non-hydrogen) atoms. The van der Waals surface area contributed by atoms with Crippen LogP contribution in [0.2, 0.25) is 0 Å². The maximum Gasteiger partial charge on any atom is 0.227 e. The Labute approximate surface area is 274 Å². The topological polar surface area (TPSA) is 77.8 Å². The third kappa shape index (κ3) is 4.27. The van der Waals surface area contributed by atoms with Crippen molar-refractivity contribution in [3.05, 3.63) is 146 Å². The minimum absolute atomic E-state index is 0.566. The van der Waals surface area contributed by atoms with Gasteiger partial charge in [0.05, 0.1) is 0 Å². The van der Waals surface area contributed by atoms with E-state index in [0.717, 1.165) is 49.5 Å². The molecule has 0 fully saturated rings. The Kier molecular flexibility index (Phi) is 5.77. The first-order valence-electron chi connectivity index (χ1n) is 15.8. The minimum atomic E-state index is 0.566. The summed E-state index contributed by atoms with van der Waals surface area (Å²) in [4.78, 5) is 20.0. The zero-order chi connectivity index (χ0) is 31.6. The lowest BCUT2D eigenvalue weighted by atomic mass is 10.00. The Balaban J connectivity index is 1.18. The van der Waals surface area contributed by atoms with E-state index in [1.54, 1.807) is 0 Å². The van der Waals surface area contributed by atoms with Gasteiger partial charge in [-0.3, -0.25) is 0 Å². The molecule has 0 N–H and O–H groups in total. The van der Waals surface area contributed by atoms with Crippen molar-refractivity contribution >= 4 is 54.6 Å². The van der Waals surface area contributed by atoms with Gasteiger partial charge in [0, 0.05) is 39.1 Å². The van der Waals surface area contributed by atoms with Crippen molar-refractivity contribution in [1.29, 1.82) is 0 Å². The molecule has 7 aromatic carbocycles. The number of rotatable bonds is 4. The molecular formula is C42H24N4O2. The summed E-state index contributed by atoms with van der Waals surface area (Å²) in [7, 11) is 0. The molecule has 10 aromatic rings. The lowest BCUT2D eigenvalue weighted by Crippen LogP contribution is -2.00. The molecule has 0 radical (unpaired) electrons. The van der Waals surface area contributed by atoms with Crippen molar-refractivity contribution < 1.29 is 8.83 Å². The maximum absolute atomic E-state index is 6.39. The fourth-order valence-electron chi connectivity index (χ4n) is 6.63. The number of aromatic nitrogens is 4. The molecule has 3 aromatic heterocycles. The molecule has 0 bridgehead atoms. The van der Waals surface area contributed by atoms with E-state index in [0.29, 0.717) is 34.5 Å². The highest BCUT2D eigenvalue weighted by atomic mass is 16.4. The van der Waals surface area contributed by atoms with Gasteiger partial charge in [-0.25, -0.2) is 19.9 Å². The average Bonchev–Trinajstić information content (AvgIpc) is 3.74. The molecule has 0 saturated carbocycles. The Morgan fingerprint density at radius 1 is 0.375 bits per heavy atom. The summed E-state index contributed by atoms with van der Waals surface area (Å²) in [6, 6.07) is 49.1. The van der Waals surface area contributed by atoms with Crippen molar-refractivity contribution in [2.45, 2.75) is 0 Å². The highest BCUT2D eigenvalue weighted by Gasteiger charge is 2.20. The maximum atomic E-state index is 6.39. The average molecular weight is 617 g/mol. The SMILES string of the molecule is c1ccc(-c2nc(-c3ccc4c(ccc5ccccc54)c3)nc(-c3cccc4oc5cc6oc(-c7ccccc7)nc6cc5c34)n2)cc1. The van der Waals surface area contributed by atoms with Gasteiger partial charge in [0.15, 0.2) is 23.1 Å². The fraction of sp³-hybridized carbons (Fsp3) is 0. The van der Waals surface area contributed by atoms with Gasteiger partial charge in [0.2, 0.25) is 5.89 Å². The first-order chi connectivity index (χ1) is 23.7. The van der Waals surface area contributed by atoms with Crippen LogP contribution in [0, 0.1) is 0 Å². The molecule has 10 rings (SSSR count). The van der Waals surface area contributed by atoms with Gasteiger partial charge >= 0.3 is 0 Å². The molecule has 224 valence electrons. The number of hydrogen-bond donors (Lipinski definition) is 0. The summed E-state index contributed by atoms with van der Waals surface area (Å²) in [6.07, 6.45) is 0. The number of oxazole rings is 1. The van der Waals surface area contributed by atoms with Gasteiger partial charge in [0.25, 0.3) is 0 Å². The molecule has 6 heteroatoms. The van der Waals surface area contributed by atoms with Gasteiger partial charge < -0.3 is 8.83 Å². The summed E-state index contributed by atoms with van der Waals surface area (Å²) in [5, 5.41) is 6.59. The second kappa shape index (κ2) is 10.4. The third-order valence-corrected chi connectivity index (χ3v) is 8.94. The third-order valence-electron chi connectivity index (χ3n) is 8.94. The highest BCUT2D eigenvalue weighted by Crippen LogP contribution is 2.39. The van der Waals surface area contributed by atoms with Crippen LogP contribution in [0.25, 0.3) is 100 Å². The van der Waals surface area contributed by atoms with E-state index in [4.69, 9.17) is 28.8 Å². The molecule has 0 aliphatic carbocycles. The van der Waals surface area contributed by atoms with Crippen molar-refractivity contribution in [1.82, 2.24) is 19.9 Å². The lowest BCUT2D eigenvalue weighted by Gasteiger charge is -2.10. The van der Waals surface area contributed by atoms with Crippen molar-refractivity contribution in [2.75, 3.05) is 0 Å². The predicted octanol–water partition coefficient (Wildman–Crippen LogP) is 10.9. The van der Waals surface area contributed by atoms with E-state index in [-0.39, 0.29) is 0 Å². The number of furan rings is 1. The molecule has 0 spiro atoms. The van der Waals surface area contributed by atoms with Crippen LogP contribution in [0.4, 0.5) is 0 Å². The van der Waals surface area contributed by atoms with Crippen LogP contribution in [0.3, 0.4) is 0 Å². The highest BCUT2D eigenvalue weighted by molar-refractivity contribution is 6.14. The van der Waals surface area contributed by atoms with E-state index < -0.39 is 0 Å². The summed E-state index contributed by atoms with van der Waals surface area (Å²) in [5.41, 5.74) is 6.47. The predicted molar refractivity (Wildman–Crippen MR) is 191 cm³/mol. The summed E-state index contributed by atoms with van der Waals surface area (Å²) in [5.74, 6) is 2.34. The smallest absolute Gasteiger partial charge is 0.227 e. The number of hydrogen-bond acceptors (Lipinski definition) is 6. The van der Waals surface area contributed by atoms with Gasteiger partial charge in [-0.05, 0) is 51.9 Å².